The largest absolute Gasteiger partial charge is 0.462 e. The Morgan fingerprint density at radius 2 is 1.93 bits per heavy atom. The van der Waals surface area contributed by atoms with E-state index in [0.29, 0.717) is 28.8 Å². The number of nitrogens with one attached hydrogen (secondary N) is 1. The highest BCUT2D eigenvalue weighted by molar-refractivity contribution is 7.99. The number of fused-ring (bicyclic) bond motifs is 1. The summed E-state index contributed by atoms with van der Waals surface area (Å²) in [6.45, 7) is 6.17. The van der Waals surface area contributed by atoms with Gasteiger partial charge < -0.3 is 10.1 Å². The highest BCUT2D eigenvalue weighted by Gasteiger charge is 2.13. The second-order valence-corrected chi connectivity index (χ2v) is 7.15. The first-order chi connectivity index (χ1) is 13.5. The van der Waals surface area contributed by atoms with Gasteiger partial charge in [-0.15, -0.1) is 10.2 Å². The van der Waals surface area contributed by atoms with Crippen LogP contribution < -0.4 is 5.32 Å². The fourth-order valence-corrected chi connectivity index (χ4v) is 3.37. The van der Waals surface area contributed by atoms with Gasteiger partial charge in [0.2, 0.25) is 5.91 Å². The van der Waals surface area contributed by atoms with Crippen molar-refractivity contribution in [3.8, 4) is 0 Å². The summed E-state index contributed by atoms with van der Waals surface area (Å²) in [5.41, 5.74) is 2.89. The van der Waals surface area contributed by atoms with Crippen molar-refractivity contribution in [2.75, 3.05) is 17.7 Å². The van der Waals surface area contributed by atoms with Gasteiger partial charge in [-0.3, -0.25) is 9.20 Å². The summed E-state index contributed by atoms with van der Waals surface area (Å²) in [6, 6.07) is 8.55. The molecule has 0 bridgehead atoms. The zero-order valence-electron chi connectivity index (χ0n) is 15.9. The van der Waals surface area contributed by atoms with Gasteiger partial charge in [-0.05, 0) is 50.6 Å². The molecule has 0 radical (unpaired) electrons. The zero-order chi connectivity index (χ0) is 20.1. The van der Waals surface area contributed by atoms with Gasteiger partial charge in [-0.2, -0.15) is 0 Å². The Hall–Kier alpha value is -2.94. The summed E-state index contributed by atoms with van der Waals surface area (Å²) < 4.78 is 6.90. The smallest absolute Gasteiger partial charge is 0.338 e. The summed E-state index contributed by atoms with van der Waals surface area (Å²) in [7, 11) is 0. The molecule has 0 aliphatic carbocycles. The molecule has 2 aromatic heterocycles. The lowest BCUT2D eigenvalue weighted by Crippen LogP contribution is -2.14. The lowest BCUT2D eigenvalue weighted by atomic mass is 10.2. The van der Waals surface area contributed by atoms with Crippen LogP contribution in [0.4, 0.5) is 5.69 Å². The number of esters is 1. The number of amides is 1. The van der Waals surface area contributed by atoms with Gasteiger partial charge in [-0.25, -0.2) is 9.78 Å². The minimum absolute atomic E-state index is 0.175. The van der Waals surface area contributed by atoms with E-state index in [2.05, 4.69) is 20.5 Å². The highest BCUT2D eigenvalue weighted by atomic mass is 32.2. The number of benzene rings is 1. The van der Waals surface area contributed by atoms with Gasteiger partial charge in [0.15, 0.2) is 5.16 Å². The summed E-state index contributed by atoms with van der Waals surface area (Å²) in [5, 5.41) is 11.6. The summed E-state index contributed by atoms with van der Waals surface area (Å²) >= 11 is 1.28. The number of ether oxygens (including phenoxy) is 1. The number of carbonyl (C=O) groups is 2. The fraction of sp³-hybridized carbons (Fsp3) is 0.316. The maximum absolute atomic E-state index is 12.2. The molecule has 2 heterocycles. The Morgan fingerprint density at radius 1 is 1.18 bits per heavy atom. The van der Waals surface area contributed by atoms with Crippen LogP contribution in [0.2, 0.25) is 0 Å². The molecule has 8 nitrogen and oxygen atoms in total. The predicted molar refractivity (Wildman–Crippen MR) is 107 cm³/mol. The third kappa shape index (κ3) is 4.66. The second-order valence-electron chi connectivity index (χ2n) is 6.21. The van der Waals surface area contributed by atoms with Crippen molar-refractivity contribution < 1.29 is 14.3 Å². The van der Waals surface area contributed by atoms with Crippen molar-refractivity contribution in [3.63, 3.8) is 0 Å². The van der Waals surface area contributed by atoms with E-state index in [4.69, 9.17) is 4.74 Å². The molecular formula is C19H21N5O3S. The maximum Gasteiger partial charge on any atom is 0.338 e. The molecule has 9 heteroatoms. The van der Waals surface area contributed by atoms with E-state index >= 15 is 0 Å². The average Bonchev–Trinajstić information content (AvgIpc) is 3.08. The normalized spacial score (nSPS) is 10.8. The SMILES string of the molecule is CCCOC(=O)c1ccc(NC(=O)CSc2nnc3nc(C)cc(C)n23)cc1. The number of rotatable bonds is 7. The molecule has 1 N–H and O–H groups in total. The van der Waals surface area contributed by atoms with Crippen molar-refractivity contribution in [2.24, 2.45) is 0 Å². The number of nitrogens with zero attached hydrogens (tertiary/aromatic N) is 4. The van der Waals surface area contributed by atoms with E-state index in [9.17, 15) is 9.59 Å². The van der Waals surface area contributed by atoms with Crippen molar-refractivity contribution >= 4 is 35.1 Å². The zero-order valence-corrected chi connectivity index (χ0v) is 16.7. The third-order valence-electron chi connectivity index (χ3n) is 3.84. The lowest BCUT2D eigenvalue weighted by Gasteiger charge is -2.07. The first kappa shape index (κ1) is 19.8. The lowest BCUT2D eigenvalue weighted by molar-refractivity contribution is -0.113. The van der Waals surface area contributed by atoms with E-state index in [1.165, 1.54) is 11.8 Å². The van der Waals surface area contributed by atoms with Crippen molar-refractivity contribution in [1.29, 1.82) is 0 Å². The molecule has 0 unspecified atom stereocenters. The number of aromatic nitrogens is 4. The molecule has 0 saturated carbocycles. The minimum atomic E-state index is -0.367. The Morgan fingerprint density at radius 3 is 2.64 bits per heavy atom. The standard InChI is InChI=1S/C19H21N5O3S/c1-4-9-27-17(26)14-5-7-15(8-6-14)21-16(25)11-28-19-23-22-18-20-12(2)10-13(3)24(18)19/h5-8,10H,4,9,11H2,1-3H3,(H,21,25). The van der Waals surface area contributed by atoms with E-state index in [1.54, 1.807) is 24.3 Å². The van der Waals surface area contributed by atoms with Crippen LogP contribution in [0.1, 0.15) is 35.1 Å². The van der Waals surface area contributed by atoms with Crippen LogP contribution in [0.15, 0.2) is 35.5 Å². The molecule has 0 aliphatic heterocycles. The van der Waals surface area contributed by atoms with Gasteiger partial charge in [0, 0.05) is 17.1 Å². The number of hydrogen-bond acceptors (Lipinski definition) is 7. The molecule has 28 heavy (non-hydrogen) atoms. The molecule has 0 aliphatic rings. The van der Waals surface area contributed by atoms with Crippen LogP contribution in [0.25, 0.3) is 5.78 Å². The molecule has 0 saturated heterocycles. The predicted octanol–water partition coefficient (Wildman–Crippen LogP) is 3.04. The molecule has 0 spiro atoms. The van der Waals surface area contributed by atoms with E-state index < -0.39 is 0 Å². The quantitative estimate of drug-likeness (QED) is 0.481. The fourth-order valence-electron chi connectivity index (χ4n) is 2.59. The van der Waals surface area contributed by atoms with Crippen LogP contribution in [0.5, 0.6) is 0 Å². The maximum atomic E-state index is 12.2. The van der Waals surface area contributed by atoms with Crippen molar-refractivity contribution in [1.82, 2.24) is 19.6 Å². The Bertz CT molecular complexity index is 1000. The van der Waals surface area contributed by atoms with Gasteiger partial charge in [-0.1, -0.05) is 18.7 Å². The second kappa shape index (κ2) is 8.83. The minimum Gasteiger partial charge on any atom is -0.462 e. The van der Waals surface area contributed by atoms with Gasteiger partial charge >= 0.3 is 5.97 Å². The Balaban J connectivity index is 1.58. The van der Waals surface area contributed by atoms with Crippen LogP contribution in [-0.4, -0.2) is 43.8 Å². The number of carbonyl (C=O) groups excluding carboxylic acids is 2. The molecule has 0 fully saturated rings. The van der Waals surface area contributed by atoms with Gasteiger partial charge in [0.25, 0.3) is 5.78 Å². The van der Waals surface area contributed by atoms with E-state index in [1.807, 2.05) is 31.2 Å². The van der Waals surface area contributed by atoms with Crippen molar-refractivity contribution in [2.45, 2.75) is 32.3 Å². The van der Waals surface area contributed by atoms with Crippen LogP contribution in [-0.2, 0) is 9.53 Å². The topological polar surface area (TPSA) is 98.5 Å². The third-order valence-corrected chi connectivity index (χ3v) is 4.77. The number of hydrogen-bond donors (Lipinski definition) is 1. The molecule has 1 aromatic carbocycles. The van der Waals surface area contributed by atoms with Crippen molar-refractivity contribution in [3.05, 3.63) is 47.3 Å². The first-order valence-electron chi connectivity index (χ1n) is 8.87. The number of anilines is 1. The Kier molecular flexibility index (Phi) is 6.25. The van der Waals surface area contributed by atoms with Crippen LogP contribution in [0.3, 0.4) is 0 Å². The molecule has 146 valence electrons. The summed E-state index contributed by atoms with van der Waals surface area (Å²) in [6.07, 6.45) is 0.772. The number of aryl methyl sites for hydroxylation is 2. The summed E-state index contributed by atoms with van der Waals surface area (Å²) in [5.74, 6) is 0.147. The van der Waals surface area contributed by atoms with Crippen LogP contribution >= 0.6 is 11.8 Å². The first-order valence-corrected chi connectivity index (χ1v) is 9.85. The van der Waals surface area contributed by atoms with Gasteiger partial charge in [0.1, 0.15) is 0 Å². The Labute approximate surface area is 166 Å². The molecule has 3 aromatic rings. The average molecular weight is 399 g/mol. The highest BCUT2D eigenvalue weighted by Crippen LogP contribution is 2.19. The van der Waals surface area contributed by atoms with E-state index in [0.717, 1.165) is 17.8 Å². The van der Waals surface area contributed by atoms with E-state index in [-0.39, 0.29) is 17.6 Å². The monoisotopic (exact) mass is 399 g/mol. The molecule has 1 amide bonds. The molecule has 0 atom stereocenters. The van der Waals surface area contributed by atoms with Gasteiger partial charge in [0.05, 0.1) is 17.9 Å². The summed E-state index contributed by atoms with van der Waals surface area (Å²) in [4.78, 5) is 28.4. The molecule has 3 rings (SSSR count). The van der Waals surface area contributed by atoms with Crippen LogP contribution in [0, 0.1) is 13.8 Å². The molecular weight excluding hydrogens is 378 g/mol. The number of thioether (sulfide) groups is 1.